The first-order valence-corrected chi connectivity index (χ1v) is 13.9. The van der Waals surface area contributed by atoms with E-state index in [1.165, 1.54) is 11.8 Å². The van der Waals surface area contributed by atoms with Gasteiger partial charge >= 0.3 is 5.97 Å². The summed E-state index contributed by atoms with van der Waals surface area (Å²) >= 11 is 1.33. The molecule has 2 unspecified atom stereocenters. The molecule has 5 rings (SSSR count). The monoisotopic (exact) mass is 518 g/mol. The highest BCUT2D eigenvalue weighted by molar-refractivity contribution is 8.09. The summed E-state index contributed by atoms with van der Waals surface area (Å²) in [6, 6.07) is 14.9. The second kappa shape index (κ2) is 10.3. The molecule has 0 bridgehead atoms. The van der Waals surface area contributed by atoms with Crippen molar-refractivity contribution in [3.63, 3.8) is 0 Å². The van der Waals surface area contributed by atoms with E-state index >= 15 is 0 Å². The van der Waals surface area contributed by atoms with Crippen LogP contribution >= 0.6 is 11.8 Å². The Morgan fingerprint density at radius 3 is 2.35 bits per heavy atom. The molecule has 1 aliphatic carbocycles. The minimum Gasteiger partial charge on any atom is -0.480 e. The third-order valence-electron chi connectivity index (χ3n) is 7.62. The van der Waals surface area contributed by atoms with Crippen LogP contribution in [0.4, 0.5) is 5.69 Å². The van der Waals surface area contributed by atoms with Gasteiger partial charge in [-0.15, -0.1) is 11.8 Å². The molecule has 37 heavy (non-hydrogen) atoms. The first-order valence-electron chi connectivity index (χ1n) is 13.0. The number of anilines is 1. The van der Waals surface area contributed by atoms with Crippen LogP contribution in [0.25, 0.3) is 27.2 Å². The molecule has 2 atom stereocenters. The highest BCUT2D eigenvalue weighted by Crippen LogP contribution is 2.43. The van der Waals surface area contributed by atoms with Crippen molar-refractivity contribution in [2.75, 3.05) is 5.73 Å². The maximum atomic E-state index is 13.6. The predicted octanol–water partition coefficient (Wildman–Crippen LogP) is 6.65. The normalized spacial score (nSPS) is 23.8. The Labute approximate surface area is 221 Å². The van der Waals surface area contributed by atoms with E-state index < -0.39 is 17.3 Å². The summed E-state index contributed by atoms with van der Waals surface area (Å²) in [7, 11) is 0. The van der Waals surface area contributed by atoms with E-state index in [1.54, 1.807) is 0 Å². The van der Waals surface area contributed by atoms with Gasteiger partial charge in [-0.2, -0.15) is 0 Å². The molecule has 194 valence electrons. The molecule has 2 heterocycles. The molecule has 3 N–H and O–H groups in total. The largest absolute Gasteiger partial charge is 0.480 e. The van der Waals surface area contributed by atoms with Crippen molar-refractivity contribution in [1.82, 2.24) is 4.90 Å². The van der Waals surface area contributed by atoms with Crippen LogP contribution in [0, 0.1) is 11.8 Å². The zero-order chi connectivity index (χ0) is 26.3. The molecule has 1 fully saturated rings. The lowest BCUT2D eigenvalue weighted by Crippen LogP contribution is -2.51. The molecule has 1 aromatic heterocycles. The molecule has 1 saturated carbocycles. The van der Waals surface area contributed by atoms with Crippen LogP contribution in [0.15, 0.2) is 59.0 Å². The van der Waals surface area contributed by atoms with Crippen LogP contribution in [0.5, 0.6) is 0 Å². The summed E-state index contributed by atoms with van der Waals surface area (Å²) < 4.78 is 5.99. The number of nitrogens with zero attached hydrogens (tertiary/aromatic N) is 1. The number of carboxylic acids is 1. The Morgan fingerprint density at radius 1 is 1.03 bits per heavy atom. The molecule has 0 spiro atoms. The summed E-state index contributed by atoms with van der Waals surface area (Å²) in [6.45, 7) is 6.20. The van der Waals surface area contributed by atoms with Gasteiger partial charge in [0.05, 0.1) is 6.04 Å². The number of carbonyl (C=O) groups excluding carboxylic acids is 1. The first kappa shape index (κ1) is 25.5. The molecular formula is C30H34N2O4S. The molecule has 1 aliphatic heterocycles. The van der Waals surface area contributed by atoms with E-state index in [2.05, 4.69) is 6.92 Å². The molecule has 7 heteroatoms. The molecule has 0 saturated heterocycles. The van der Waals surface area contributed by atoms with Crippen molar-refractivity contribution in [2.24, 2.45) is 11.8 Å². The Bertz CT molecular complexity index is 1340. The Morgan fingerprint density at radius 2 is 1.70 bits per heavy atom. The van der Waals surface area contributed by atoms with Crippen molar-refractivity contribution in [2.45, 2.75) is 63.8 Å². The number of nitrogens with two attached hydrogens (primary N) is 1. The number of carboxylic acid groups (broad SMARTS) is 1. The number of amides is 1. The standard InChI is InChI=1S/C30H34N2O4S/c1-17(2)32(29(33)21-6-4-18(3)5-7-21)24-16-27(37-28(24)30(34)35)20-10-8-19(9-11-20)26-15-22-14-23(31)12-13-25(22)36-26/h8-18,21,24,28H,4-7,31H2,1-3H3,(H,34,35). The van der Waals surface area contributed by atoms with E-state index in [9.17, 15) is 14.7 Å². The summed E-state index contributed by atoms with van der Waals surface area (Å²) in [5, 5.41) is 10.3. The number of fused-ring (bicyclic) bond motifs is 1. The Hall–Kier alpha value is -3.19. The van der Waals surface area contributed by atoms with E-state index in [-0.39, 0.29) is 17.9 Å². The fourth-order valence-corrected chi connectivity index (χ4v) is 6.76. The van der Waals surface area contributed by atoms with Crippen LogP contribution in [0.1, 0.15) is 52.0 Å². The molecule has 6 nitrogen and oxygen atoms in total. The molecule has 2 aromatic carbocycles. The second-order valence-corrected chi connectivity index (χ2v) is 11.9. The molecule has 1 amide bonds. The zero-order valence-corrected chi connectivity index (χ0v) is 22.3. The van der Waals surface area contributed by atoms with E-state index in [0.717, 1.165) is 58.4 Å². The molecule has 0 radical (unpaired) electrons. The van der Waals surface area contributed by atoms with Gasteiger partial charge in [0.1, 0.15) is 16.6 Å². The lowest BCUT2D eigenvalue weighted by atomic mass is 9.82. The third kappa shape index (κ3) is 5.14. The summed E-state index contributed by atoms with van der Waals surface area (Å²) in [5.41, 5.74) is 9.23. The highest BCUT2D eigenvalue weighted by atomic mass is 32.2. The number of furan rings is 1. The van der Waals surface area contributed by atoms with Crippen LogP contribution in [0.3, 0.4) is 0 Å². The van der Waals surface area contributed by atoms with Gasteiger partial charge in [0.2, 0.25) is 5.91 Å². The first-order chi connectivity index (χ1) is 17.7. The maximum Gasteiger partial charge on any atom is 0.319 e. The van der Waals surface area contributed by atoms with E-state index in [0.29, 0.717) is 11.6 Å². The Balaban J connectivity index is 1.40. The van der Waals surface area contributed by atoms with Gasteiger partial charge in [0, 0.05) is 33.5 Å². The van der Waals surface area contributed by atoms with E-state index in [4.69, 9.17) is 10.2 Å². The lowest BCUT2D eigenvalue weighted by molar-refractivity contribution is -0.143. The van der Waals surface area contributed by atoms with Crippen LogP contribution in [-0.2, 0) is 9.59 Å². The number of hydrogen-bond acceptors (Lipinski definition) is 5. The fraction of sp³-hybridized carbons (Fsp3) is 0.400. The van der Waals surface area contributed by atoms with E-state index in [1.807, 2.05) is 73.4 Å². The lowest BCUT2D eigenvalue weighted by Gasteiger charge is -2.38. The highest BCUT2D eigenvalue weighted by Gasteiger charge is 2.42. The average Bonchev–Trinajstić information content (AvgIpc) is 3.49. The number of aliphatic carboxylic acids is 1. The predicted molar refractivity (Wildman–Crippen MR) is 150 cm³/mol. The molecule has 2 aliphatic rings. The van der Waals surface area contributed by atoms with Crippen LogP contribution < -0.4 is 5.73 Å². The SMILES string of the molecule is CC1CCC(C(=O)N(C(C)C)C2C=C(c3ccc(-c4cc5cc(N)ccc5o4)cc3)SC2C(=O)O)CC1. The van der Waals surface area contributed by atoms with Gasteiger partial charge < -0.3 is 20.2 Å². The minimum absolute atomic E-state index is 0.0195. The van der Waals surface area contributed by atoms with Gasteiger partial charge in [-0.1, -0.05) is 31.2 Å². The van der Waals surface area contributed by atoms with Crippen molar-refractivity contribution < 1.29 is 19.1 Å². The quantitative estimate of drug-likeness (QED) is 0.355. The van der Waals surface area contributed by atoms with Gasteiger partial charge in [-0.3, -0.25) is 9.59 Å². The number of benzene rings is 2. The van der Waals surface area contributed by atoms with Gasteiger partial charge in [0.25, 0.3) is 0 Å². The van der Waals surface area contributed by atoms with Crippen LogP contribution in [0.2, 0.25) is 0 Å². The van der Waals surface area contributed by atoms with Crippen LogP contribution in [-0.4, -0.2) is 39.2 Å². The molecule has 3 aromatic rings. The summed E-state index contributed by atoms with van der Waals surface area (Å²) in [6.07, 6.45) is 5.85. The number of rotatable bonds is 6. The maximum absolute atomic E-state index is 13.6. The number of hydrogen-bond donors (Lipinski definition) is 2. The van der Waals surface area contributed by atoms with Crippen molar-refractivity contribution >= 4 is 45.2 Å². The summed E-state index contributed by atoms with van der Waals surface area (Å²) in [4.78, 5) is 28.6. The topological polar surface area (TPSA) is 96.8 Å². The Kier molecular flexibility index (Phi) is 7.08. The third-order valence-corrected chi connectivity index (χ3v) is 8.98. The average molecular weight is 519 g/mol. The second-order valence-electron chi connectivity index (χ2n) is 10.7. The molecular weight excluding hydrogens is 484 g/mol. The van der Waals surface area contributed by atoms with Crippen molar-refractivity contribution in [3.05, 3.63) is 60.2 Å². The fourth-order valence-electron chi connectivity index (χ4n) is 5.54. The summed E-state index contributed by atoms with van der Waals surface area (Å²) in [5.74, 6) is 0.582. The number of thioether (sulfide) groups is 1. The zero-order valence-electron chi connectivity index (χ0n) is 21.5. The van der Waals surface area contributed by atoms with Crippen molar-refractivity contribution in [3.8, 4) is 11.3 Å². The van der Waals surface area contributed by atoms with Gasteiger partial charge in [-0.25, -0.2) is 0 Å². The smallest absolute Gasteiger partial charge is 0.319 e. The van der Waals surface area contributed by atoms with Gasteiger partial charge in [0.15, 0.2) is 0 Å². The van der Waals surface area contributed by atoms with Gasteiger partial charge in [-0.05, 0) is 81.4 Å². The number of nitrogen functional groups attached to an aromatic ring is 1. The minimum atomic E-state index is -0.893. The van der Waals surface area contributed by atoms with Crippen molar-refractivity contribution in [1.29, 1.82) is 0 Å². The number of carbonyl (C=O) groups is 2.